The maximum Gasteiger partial charge on any atom is 0.488 e. The first-order chi connectivity index (χ1) is 9.16. The van der Waals surface area contributed by atoms with Gasteiger partial charge in [-0.3, -0.25) is 0 Å². The quantitative estimate of drug-likeness (QED) is 0.601. The second kappa shape index (κ2) is 7.15. The molecular weight excluding hydrogens is 264 g/mol. The molecule has 1 heterocycles. The van der Waals surface area contributed by atoms with E-state index in [9.17, 15) is 0 Å². The number of ether oxygens (including phenoxy) is 1. The SMILES string of the molecule is OB(O)c1ccc(OCCCN2CCCC2)c(Cl)c1. The van der Waals surface area contributed by atoms with Crippen LogP contribution in [0, 0.1) is 0 Å². The number of benzene rings is 1. The fourth-order valence-electron chi connectivity index (χ4n) is 2.27. The van der Waals surface area contributed by atoms with E-state index in [0.717, 1.165) is 13.0 Å². The lowest BCUT2D eigenvalue weighted by molar-refractivity contribution is 0.263. The highest BCUT2D eigenvalue weighted by Gasteiger charge is 2.13. The molecule has 1 aromatic carbocycles. The molecule has 0 aliphatic carbocycles. The minimum absolute atomic E-state index is 0.370. The van der Waals surface area contributed by atoms with Crippen molar-refractivity contribution in [2.45, 2.75) is 19.3 Å². The zero-order valence-corrected chi connectivity index (χ0v) is 11.6. The zero-order chi connectivity index (χ0) is 13.7. The Kier molecular flexibility index (Phi) is 5.52. The molecular formula is C13H19BClNO3. The van der Waals surface area contributed by atoms with E-state index < -0.39 is 7.12 Å². The van der Waals surface area contributed by atoms with Gasteiger partial charge in [-0.2, -0.15) is 0 Å². The summed E-state index contributed by atoms with van der Waals surface area (Å²) >= 11 is 6.02. The van der Waals surface area contributed by atoms with E-state index in [1.54, 1.807) is 12.1 Å². The Morgan fingerprint density at radius 2 is 2.00 bits per heavy atom. The first-order valence-corrected chi connectivity index (χ1v) is 7.05. The van der Waals surface area contributed by atoms with E-state index in [4.69, 9.17) is 26.4 Å². The third kappa shape index (κ3) is 4.39. The summed E-state index contributed by atoms with van der Waals surface area (Å²) in [5.41, 5.74) is 0.370. The van der Waals surface area contributed by atoms with Crippen molar-refractivity contribution in [3.8, 4) is 5.75 Å². The third-order valence-corrected chi connectivity index (χ3v) is 3.62. The standard InChI is InChI=1S/C13H19BClNO3/c15-12-10-11(14(17)18)4-5-13(12)19-9-3-8-16-6-1-2-7-16/h4-5,10,17-18H,1-3,6-9H2. The Bertz CT molecular complexity index is 411. The number of hydrogen-bond donors (Lipinski definition) is 2. The van der Waals surface area contributed by atoms with Crippen LogP contribution in [0.15, 0.2) is 18.2 Å². The van der Waals surface area contributed by atoms with Crippen LogP contribution >= 0.6 is 11.6 Å². The van der Waals surface area contributed by atoms with Crippen molar-refractivity contribution < 1.29 is 14.8 Å². The van der Waals surface area contributed by atoms with Crippen molar-refractivity contribution in [2.24, 2.45) is 0 Å². The van der Waals surface area contributed by atoms with Crippen molar-refractivity contribution in [1.29, 1.82) is 0 Å². The van der Waals surface area contributed by atoms with Crippen molar-refractivity contribution in [2.75, 3.05) is 26.2 Å². The van der Waals surface area contributed by atoms with E-state index in [1.165, 1.54) is 32.0 Å². The zero-order valence-electron chi connectivity index (χ0n) is 10.9. The Balaban J connectivity index is 1.76. The van der Waals surface area contributed by atoms with Crippen LogP contribution in [-0.2, 0) is 0 Å². The van der Waals surface area contributed by atoms with Gasteiger partial charge in [0, 0.05) is 6.54 Å². The molecule has 104 valence electrons. The fourth-order valence-corrected chi connectivity index (χ4v) is 2.51. The largest absolute Gasteiger partial charge is 0.492 e. The summed E-state index contributed by atoms with van der Waals surface area (Å²) in [6, 6.07) is 4.79. The predicted octanol–water partition coefficient (Wildman–Crippen LogP) is 0.884. The molecule has 0 unspecified atom stereocenters. The summed E-state index contributed by atoms with van der Waals surface area (Å²) in [6.45, 7) is 4.08. The highest BCUT2D eigenvalue weighted by Crippen LogP contribution is 2.22. The number of rotatable bonds is 6. The van der Waals surface area contributed by atoms with Gasteiger partial charge in [0.25, 0.3) is 0 Å². The Hall–Kier alpha value is -0.745. The number of nitrogens with zero attached hydrogens (tertiary/aromatic N) is 1. The Labute approximate surface area is 119 Å². The molecule has 6 heteroatoms. The van der Waals surface area contributed by atoms with Crippen LogP contribution < -0.4 is 10.2 Å². The third-order valence-electron chi connectivity index (χ3n) is 3.33. The molecule has 2 rings (SSSR count). The van der Waals surface area contributed by atoms with Crippen molar-refractivity contribution in [3.63, 3.8) is 0 Å². The van der Waals surface area contributed by atoms with Crippen LogP contribution in [-0.4, -0.2) is 48.3 Å². The molecule has 19 heavy (non-hydrogen) atoms. The molecule has 1 aromatic rings. The molecule has 0 radical (unpaired) electrons. The lowest BCUT2D eigenvalue weighted by atomic mass is 9.80. The first kappa shape index (κ1) is 14.7. The van der Waals surface area contributed by atoms with E-state index >= 15 is 0 Å². The molecule has 0 atom stereocenters. The van der Waals surface area contributed by atoms with Crippen LogP contribution in [0.1, 0.15) is 19.3 Å². The predicted molar refractivity (Wildman–Crippen MR) is 77.1 cm³/mol. The van der Waals surface area contributed by atoms with Crippen molar-refractivity contribution >= 4 is 24.2 Å². The minimum atomic E-state index is -1.50. The van der Waals surface area contributed by atoms with E-state index in [2.05, 4.69) is 4.90 Å². The number of likely N-dealkylation sites (tertiary alicyclic amines) is 1. The molecule has 0 saturated carbocycles. The molecule has 2 N–H and O–H groups in total. The molecule has 0 amide bonds. The second-order valence-electron chi connectivity index (χ2n) is 4.81. The van der Waals surface area contributed by atoms with Crippen LogP contribution in [0.2, 0.25) is 5.02 Å². The molecule has 1 saturated heterocycles. The monoisotopic (exact) mass is 283 g/mol. The maximum atomic E-state index is 9.03. The summed E-state index contributed by atoms with van der Waals surface area (Å²) in [6.07, 6.45) is 3.58. The van der Waals surface area contributed by atoms with Gasteiger partial charge in [-0.25, -0.2) is 0 Å². The maximum absolute atomic E-state index is 9.03. The van der Waals surface area contributed by atoms with Gasteiger partial charge in [0.05, 0.1) is 11.6 Å². The van der Waals surface area contributed by atoms with Gasteiger partial charge < -0.3 is 19.7 Å². The summed E-state index contributed by atoms with van der Waals surface area (Å²) in [5.74, 6) is 0.590. The molecule has 1 aliphatic heterocycles. The van der Waals surface area contributed by atoms with E-state index in [-0.39, 0.29) is 0 Å². The first-order valence-electron chi connectivity index (χ1n) is 6.67. The van der Waals surface area contributed by atoms with Gasteiger partial charge in [-0.1, -0.05) is 17.7 Å². The topological polar surface area (TPSA) is 52.9 Å². The minimum Gasteiger partial charge on any atom is -0.492 e. The molecule has 0 aromatic heterocycles. The average Bonchev–Trinajstić information content (AvgIpc) is 2.89. The van der Waals surface area contributed by atoms with Crippen molar-refractivity contribution in [3.05, 3.63) is 23.2 Å². The van der Waals surface area contributed by atoms with E-state index in [0.29, 0.717) is 22.8 Å². The fraction of sp³-hybridized carbons (Fsp3) is 0.538. The lowest BCUT2D eigenvalue weighted by Crippen LogP contribution is -2.29. The normalized spacial score (nSPS) is 15.7. The average molecular weight is 284 g/mol. The van der Waals surface area contributed by atoms with E-state index in [1.807, 2.05) is 0 Å². The smallest absolute Gasteiger partial charge is 0.488 e. The summed E-state index contributed by atoms with van der Waals surface area (Å²) in [4.78, 5) is 2.44. The Morgan fingerprint density at radius 3 is 2.63 bits per heavy atom. The summed E-state index contributed by atoms with van der Waals surface area (Å²) in [5, 5.41) is 18.5. The van der Waals surface area contributed by atoms with Crippen LogP contribution in [0.4, 0.5) is 0 Å². The van der Waals surface area contributed by atoms with Gasteiger partial charge in [0.15, 0.2) is 0 Å². The van der Waals surface area contributed by atoms with Gasteiger partial charge in [0.1, 0.15) is 5.75 Å². The van der Waals surface area contributed by atoms with Crippen LogP contribution in [0.3, 0.4) is 0 Å². The lowest BCUT2D eigenvalue weighted by Gasteiger charge is -2.15. The highest BCUT2D eigenvalue weighted by molar-refractivity contribution is 6.59. The molecule has 0 bridgehead atoms. The van der Waals surface area contributed by atoms with Gasteiger partial charge in [-0.05, 0) is 49.9 Å². The number of hydrogen-bond acceptors (Lipinski definition) is 4. The van der Waals surface area contributed by atoms with Crippen LogP contribution in [0.5, 0.6) is 5.75 Å². The summed E-state index contributed by atoms with van der Waals surface area (Å²) < 4.78 is 5.61. The highest BCUT2D eigenvalue weighted by atomic mass is 35.5. The van der Waals surface area contributed by atoms with Gasteiger partial charge in [-0.15, -0.1) is 0 Å². The summed E-state index contributed by atoms with van der Waals surface area (Å²) in [7, 11) is -1.50. The molecule has 1 aliphatic rings. The van der Waals surface area contributed by atoms with Gasteiger partial charge in [0.2, 0.25) is 0 Å². The second-order valence-corrected chi connectivity index (χ2v) is 5.22. The van der Waals surface area contributed by atoms with Crippen molar-refractivity contribution in [1.82, 2.24) is 4.90 Å². The Morgan fingerprint density at radius 1 is 1.26 bits per heavy atom. The van der Waals surface area contributed by atoms with Gasteiger partial charge >= 0.3 is 7.12 Å². The number of halogens is 1. The molecule has 0 spiro atoms. The van der Waals surface area contributed by atoms with Crippen LogP contribution in [0.25, 0.3) is 0 Å². The molecule has 1 fully saturated rings. The molecule has 4 nitrogen and oxygen atoms in total.